The van der Waals surface area contributed by atoms with Gasteiger partial charge in [-0.2, -0.15) is 0 Å². The van der Waals surface area contributed by atoms with Gasteiger partial charge in [0.2, 0.25) is 0 Å². The van der Waals surface area contributed by atoms with Crippen LogP contribution in [0.3, 0.4) is 0 Å². The fourth-order valence-corrected chi connectivity index (χ4v) is 3.48. The second kappa shape index (κ2) is 5.48. The van der Waals surface area contributed by atoms with Crippen molar-refractivity contribution in [1.29, 1.82) is 0 Å². The molecule has 3 nitrogen and oxygen atoms in total. The van der Waals surface area contributed by atoms with Gasteiger partial charge >= 0.3 is 0 Å². The van der Waals surface area contributed by atoms with Crippen molar-refractivity contribution in [2.45, 2.75) is 44.6 Å². The Morgan fingerprint density at radius 2 is 2.19 bits per heavy atom. The molecule has 94 valence electrons. The van der Waals surface area contributed by atoms with Crippen LogP contribution in [0.5, 0.6) is 0 Å². The Morgan fingerprint density at radius 1 is 1.31 bits per heavy atom. The van der Waals surface area contributed by atoms with Gasteiger partial charge in [0, 0.05) is 25.2 Å². The van der Waals surface area contributed by atoms with Crippen LogP contribution in [-0.4, -0.2) is 48.3 Å². The molecule has 0 aromatic heterocycles. The molecule has 2 aliphatic rings. The number of hydrogen-bond acceptors (Lipinski definition) is 3. The summed E-state index contributed by atoms with van der Waals surface area (Å²) in [7, 11) is 0. The fourth-order valence-electron chi connectivity index (χ4n) is 3.48. The van der Waals surface area contributed by atoms with Crippen molar-refractivity contribution < 1.29 is 5.11 Å². The Labute approximate surface area is 99.2 Å². The zero-order valence-corrected chi connectivity index (χ0v) is 10.5. The van der Waals surface area contributed by atoms with Gasteiger partial charge in [-0.15, -0.1) is 0 Å². The van der Waals surface area contributed by atoms with E-state index >= 15 is 0 Å². The number of aliphatic hydroxyl groups excluding tert-OH is 1. The zero-order chi connectivity index (χ0) is 11.4. The summed E-state index contributed by atoms with van der Waals surface area (Å²) >= 11 is 0. The summed E-state index contributed by atoms with van der Waals surface area (Å²) in [6.07, 6.45) is 6.22. The molecule has 0 aromatic carbocycles. The highest BCUT2D eigenvalue weighted by molar-refractivity contribution is 4.95. The Morgan fingerprint density at radius 3 is 2.94 bits per heavy atom. The van der Waals surface area contributed by atoms with E-state index < -0.39 is 0 Å². The molecule has 0 spiro atoms. The SMILES string of the molecule is CC1CCCC(CO)(N2CCCNCC2)C1. The summed E-state index contributed by atoms with van der Waals surface area (Å²) in [5.41, 5.74) is 0.101. The van der Waals surface area contributed by atoms with Gasteiger partial charge in [-0.3, -0.25) is 4.90 Å². The predicted molar refractivity (Wildman–Crippen MR) is 66.5 cm³/mol. The van der Waals surface area contributed by atoms with Crippen molar-refractivity contribution in [2.24, 2.45) is 5.92 Å². The molecule has 1 saturated carbocycles. The molecule has 1 aliphatic heterocycles. The van der Waals surface area contributed by atoms with Gasteiger partial charge in [0.15, 0.2) is 0 Å². The zero-order valence-electron chi connectivity index (χ0n) is 10.5. The summed E-state index contributed by atoms with van der Waals surface area (Å²) in [6, 6.07) is 0. The largest absolute Gasteiger partial charge is 0.394 e. The number of rotatable bonds is 2. The Bertz CT molecular complexity index is 214. The minimum absolute atomic E-state index is 0.101. The summed E-state index contributed by atoms with van der Waals surface area (Å²) < 4.78 is 0. The average molecular weight is 226 g/mol. The van der Waals surface area contributed by atoms with Gasteiger partial charge in [0.05, 0.1) is 6.61 Å². The fraction of sp³-hybridized carbons (Fsp3) is 1.00. The number of hydrogen-bond donors (Lipinski definition) is 2. The van der Waals surface area contributed by atoms with Crippen molar-refractivity contribution in [3.05, 3.63) is 0 Å². The van der Waals surface area contributed by atoms with Crippen LogP contribution in [-0.2, 0) is 0 Å². The van der Waals surface area contributed by atoms with E-state index in [1.54, 1.807) is 0 Å². The van der Waals surface area contributed by atoms with Crippen LogP contribution in [0.2, 0.25) is 0 Å². The topological polar surface area (TPSA) is 35.5 Å². The highest BCUT2D eigenvalue weighted by atomic mass is 16.3. The first kappa shape index (κ1) is 12.3. The van der Waals surface area contributed by atoms with Crippen LogP contribution in [0, 0.1) is 5.92 Å². The van der Waals surface area contributed by atoms with E-state index in [-0.39, 0.29) is 5.54 Å². The van der Waals surface area contributed by atoms with E-state index in [9.17, 15) is 5.11 Å². The number of nitrogens with one attached hydrogen (secondary N) is 1. The van der Waals surface area contributed by atoms with E-state index in [1.807, 2.05) is 0 Å². The Balaban J connectivity index is 2.05. The molecule has 1 heterocycles. The average Bonchev–Trinajstić information content (AvgIpc) is 2.57. The Kier molecular flexibility index (Phi) is 4.22. The lowest BCUT2D eigenvalue weighted by Gasteiger charge is -2.47. The second-order valence-electron chi connectivity index (χ2n) is 5.67. The molecular weight excluding hydrogens is 200 g/mol. The van der Waals surface area contributed by atoms with E-state index in [1.165, 1.54) is 32.1 Å². The van der Waals surface area contributed by atoms with Crippen molar-refractivity contribution in [2.75, 3.05) is 32.8 Å². The Hall–Kier alpha value is -0.120. The van der Waals surface area contributed by atoms with Gasteiger partial charge in [0.1, 0.15) is 0 Å². The van der Waals surface area contributed by atoms with Gasteiger partial charge in [-0.1, -0.05) is 19.8 Å². The lowest BCUT2D eigenvalue weighted by atomic mass is 9.75. The van der Waals surface area contributed by atoms with Crippen LogP contribution in [0.25, 0.3) is 0 Å². The van der Waals surface area contributed by atoms with Crippen molar-refractivity contribution >= 4 is 0 Å². The number of aliphatic hydroxyl groups is 1. The maximum atomic E-state index is 9.84. The van der Waals surface area contributed by atoms with Crippen LogP contribution in [0.4, 0.5) is 0 Å². The molecule has 0 bridgehead atoms. The van der Waals surface area contributed by atoms with E-state index in [2.05, 4.69) is 17.1 Å². The van der Waals surface area contributed by atoms with Crippen molar-refractivity contribution in [1.82, 2.24) is 10.2 Å². The first-order valence-corrected chi connectivity index (χ1v) is 6.83. The standard InChI is InChI=1S/C13H26N2O/c1-12-4-2-5-13(10-12,11-16)15-8-3-6-14-7-9-15/h12,14,16H,2-11H2,1H3. The maximum Gasteiger partial charge on any atom is 0.0615 e. The van der Waals surface area contributed by atoms with Crippen LogP contribution >= 0.6 is 0 Å². The van der Waals surface area contributed by atoms with Crippen molar-refractivity contribution in [3.8, 4) is 0 Å². The van der Waals surface area contributed by atoms with Gasteiger partial charge in [-0.05, 0) is 31.7 Å². The molecule has 0 aromatic rings. The lowest BCUT2D eigenvalue weighted by Crippen LogP contribution is -2.55. The second-order valence-corrected chi connectivity index (χ2v) is 5.67. The molecule has 2 rings (SSSR count). The first-order chi connectivity index (χ1) is 7.77. The molecule has 1 aliphatic carbocycles. The van der Waals surface area contributed by atoms with Gasteiger partial charge in [0.25, 0.3) is 0 Å². The molecule has 2 unspecified atom stereocenters. The molecule has 2 N–H and O–H groups in total. The highest BCUT2D eigenvalue weighted by Gasteiger charge is 2.39. The van der Waals surface area contributed by atoms with Crippen LogP contribution in [0.1, 0.15) is 39.0 Å². The minimum atomic E-state index is 0.101. The summed E-state index contributed by atoms with van der Waals surface area (Å²) in [6.45, 7) is 7.15. The summed E-state index contributed by atoms with van der Waals surface area (Å²) in [4.78, 5) is 2.56. The van der Waals surface area contributed by atoms with Crippen molar-refractivity contribution in [3.63, 3.8) is 0 Å². The maximum absolute atomic E-state index is 9.84. The minimum Gasteiger partial charge on any atom is -0.394 e. The lowest BCUT2D eigenvalue weighted by molar-refractivity contribution is -0.00908. The van der Waals surface area contributed by atoms with Crippen LogP contribution in [0.15, 0.2) is 0 Å². The molecular formula is C13H26N2O. The summed E-state index contributed by atoms with van der Waals surface area (Å²) in [5, 5.41) is 13.3. The van der Waals surface area contributed by atoms with E-state index in [0.29, 0.717) is 6.61 Å². The molecule has 3 heteroatoms. The normalized spacial score (nSPS) is 38.2. The van der Waals surface area contributed by atoms with E-state index in [0.717, 1.165) is 32.1 Å². The van der Waals surface area contributed by atoms with Gasteiger partial charge in [-0.25, -0.2) is 0 Å². The molecule has 0 amide bonds. The summed E-state index contributed by atoms with van der Waals surface area (Å²) in [5.74, 6) is 0.775. The monoisotopic (exact) mass is 226 g/mol. The van der Waals surface area contributed by atoms with Gasteiger partial charge < -0.3 is 10.4 Å². The quantitative estimate of drug-likeness (QED) is 0.743. The first-order valence-electron chi connectivity index (χ1n) is 6.83. The molecule has 2 fully saturated rings. The molecule has 16 heavy (non-hydrogen) atoms. The molecule has 2 atom stereocenters. The predicted octanol–water partition coefficient (Wildman–Crippen LogP) is 1.22. The third-order valence-corrected chi connectivity index (χ3v) is 4.37. The number of nitrogens with zero attached hydrogens (tertiary/aromatic N) is 1. The molecule has 0 radical (unpaired) electrons. The smallest absolute Gasteiger partial charge is 0.0615 e. The third-order valence-electron chi connectivity index (χ3n) is 4.37. The highest BCUT2D eigenvalue weighted by Crippen LogP contribution is 2.36. The van der Waals surface area contributed by atoms with Crippen LogP contribution < -0.4 is 5.32 Å². The van der Waals surface area contributed by atoms with E-state index in [4.69, 9.17) is 0 Å². The molecule has 1 saturated heterocycles. The third kappa shape index (κ3) is 2.58.